The Morgan fingerprint density at radius 1 is 1.20 bits per heavy atom. The predicted octanol–water partition coefficient (Wildman–Crippen LogP) is 2.08. The van der Waals surface area contributed by atoms with E-state index in [2.05, 4.69) is 10.3 Å². The zero-order valence-corrected chi connectivity index (χ0v) is 11.2. The summed E-state index contributed by atoms with van der Waals surface area (Å²) in [7, 11) is 0. The van der Waals surface area contributed by atoms with E-state index in [1.165, 1.54) is 4.68 Å². The average Bonchev–Trinajstić information content (AvgIpc) is 2.46. The number of aromatic nitrogens is 3. The molecule has 0 radical (unpaired) electrons. The highest BCUT2D eigenvalue weighted by molar-refractivity contribution is 6.31. The van der Waals surface area contributed by atoms with Crippen molar-refractivity contribution in [3.63, 3.8) is 0 Å². The van der Waals surface area contributed by atoms with Crippen LogP contribution in [0.3, 0.4) is 0 Å². The highest BCUT2D eigenvalue weighted by Crippen LogP contribution is 2.19. The van der Waals surface area contributed by atoms with Crippen LogP contribution in [0, 0.1) is 0 Å². The summed E-state index contributed by atoms with van der Waals surface area (Å²) in [4.78, 5) is 12.3. The van der Waals surface area contributed by atoms with E-state index in [9.17, 15) is 4.79 Å². The van der Waals surface area contributed by atoms with Crippen LogP contribution in [-0.4, -0.2) is 15.0 Å². The summed E-state index contributed by atoms with van der Waals surface area (Å²) < 4.78 is 1.28. The number of nitrogen functional groups attached to an aromatic ring is 1. The van der Waals surface area contributed by atoms with Crippen molar-refractivity contribution in [1.82, 2.24) is 15.0 Å². The molecule has 0 atom stereocenters. The van der Waals surface area contributed by atoms with Crippen molar-refractivity contribution in [2.45, 2.75) is 6.54 Å². The molecule has 0 aliphatic heterocycles. The smallest absolute Gasteiger partial charge is 0.277 e. The fourth-order valence-corrected chi connectivity index (χ4v) is 2.18. The normalized spacial score (nSPS) is 10.8. The predicted molar refractivity (Wildman–Crippen MR) is 78.8 cm³/mol. The maximum absolute atomic E-state index is 12.3. The molecule has 1 aromatic heterocycles. The zero-order chi connectivity index (χ0) is 14.1. The Hall–Kier alpha value is -2.40. The molecule has 3 aromatic rings. The third-order valence-corrected chi connectivity index (χ3v) is 3.39. The van der Waals surface area contributed by atoms with Gasteiger partial charge in [-0.25, -0.2) is 4.68 Å². The van der Waals surface area contributed by atoms with E-state index in [4.69, 9.17) is 17.3 Å². The van der Waals surface area contributed by atoms with Crippen LogP contribution in [0.25, 0.3) is 10.9 Å². The molecule has 0 unspecified atom stereocenters. The van der Waals surface area contributed by atoms with Gasteiger partial charge in [0.05, 0.1) is 11.9 Å². The third kappa shape index (κ3) is 2.23. The lowest BCUT2D eigenvalue weighted by atomic mass is 10.2. The monoisotopic (exact) mass is 286 g/mol. The molecule has 0 amide bonds. The zero-order valence-electron chi connectivity index (χ0n) is 10.5. The molecule has 0 saturated carbocycles. The first-order chi connectivity index (χ1) is 9.65. The highest BCUT2D eigenvalue weighted by atomic mass is 35.5. The van der Waals surface area contributed by atoms with Crippen LogP contribution in [0.2, 0.25) is 5.02 Å². The van der Waals surface area contributed by atoms with Crippen LogP contribution >= 0.6 is 11.6 Å². The number of rotatable bonds is 2. The van der Waals surface area contributed by atoms with Gasteiger partial charge in [-0.15, -0.1) is 5.10 Å². The lowest BCUT2D eigenvalue weighted by Crippen LogP contribution is -2.24. The van der Waals surface area contributed by atoms with Crippen LogP contribution < -0.4 is 11.3 Å². The Kier molecular flexibility index (Phi) is 3.12. The number of halogens is 1. The number of nitrogens with zero attached hydrogens (tertiary/aromatic N) is 3. The summed E-state index contributed by atoms with van der Waals surface area (Å²) in [5.41, 5.74) is 7.43. The van der Waals surface area contributed by atoms with Gasteiger partial charge in [0.2, 0.25) is 0 Å². The van der Waals surface area contributed by atoms with Gasteiger partial charge in [-0.2, -0.15) is 0 Å². The van der Waals surface area contributed by atoms with Gasteiger partial charge in [0, 0.05) is 10.7 Å². The number of nitrogens with two attached hydrogens (primary N) is 1. The summed E-state index contributed by atoms with van der Waals surface area (Å²) in [5.74, 6) is 0. The number of hydrogen-bond donors (Lipinski definition) is 1. The molecule has 5 nitrogen and oxygen atoms in total. The first-order valence-corrected chi connectivity index (χ1v) is 6.39. The molecule has 0 fully saturated rings. The first kappa shape index (κ1) is 12.6. The second-order valence-corrected chi connectivity index (χ2v) is 4.83. The highest BCUT2D eigenvalue weighted by Gasteiger charge is 2.08. The Morgan fingerprint density at radius 3 is 2.85 bits per heavy atom. The summed E-state index contributed by atoms with van der Waals surface area (Å²) in [6, 6.07) is 12.2. The minimum absolute atomic E-state index is 0.200. The van der Waals surface area contributed by atoms with Crippen molar-refractivity contribution in [2.24, 2.45) is 0 Å². The Morgan fingerprint density at radius 2 is 2.00 bits per heavy atom. The summed E-state index contributed by atoms with van der Waals surface area (Å²) >= 11 is 6.10. The van der Waals surface area contributed by atoms with Crippen molar-refractivity contribution in [3.05, 3.63) is 63.4 Å². The average molecular weight is 287 g/mol. The summed E-state index contributed by atoms with van der Waals surface area (Å²) in [6.45, 7) is 0.237. The van der Waals surface area contributed by atoms with E-state index in [1.54, 1.807) is 36.4 Å². The molecule has 2 N–H and O–H groups in total. The standard InChI is InChI=1S/C14H11ClN4O/c15-12-6-5-10(16)7-9(12)8-19-14(20)11-3-1-2-4-13(11)17-18-19/h1-7H,8,16H2. The third-order valence-electron chi connectivity index (χ3n) is 3.02. The lowest BCUT2D eigenvalue weighted by Gasteiger charge is -2.07. The fraction of sp³-hybridized carbons (Fsp3) is 0.0714. The molecule has 3 rings (SSSR count). The van der Waals surface area contributed by atoms with Crippen LogP contribution in [-0.2, 0) is 6.54 Å². The summed E-state index contributed by atoms with van der Waals surface area (Å²) in [5, 5.41) is 9.03. The molecular weight excluding hydrogens is 276 g/mol. The largest absolute Gasteiger partial charge is 0.399 e. The molecule has 100 valence electrons. The van der Waals surface area contributed by atoms with Crippen LogP contribution in [0.1, 0.15) is 5.56 Å². The molecule has 0 bridgehead atoms. The van der Waals surface area contributed by atoms with Gasteiger partial charge in [0.1, 0.15) is 5.52 Å². The van der Waals surface area contributed by atoms with E-state index in [0.717, 1.165) is 5.56 Å². The van der Waals surface area contributed by atoms with Gasteiger partial charge in [0.25, 0.3) is 5.56 Å². The van der Waals surface area contributed by atoms with Gasteiger partial charge in [-0.05, 0) is 35.9 Å². The van der Waals surface area contributed by atoms with Gasteiger partial charge < -0.3 is 5.73 Å². The molecule has 0 saturated heterocycles. The lowest BCUT2D eigenvalue weighted by molar-refractivity contribution is 0.601. The number of fused-ring (bicyclic) bond motifs is 1. The van der Waals surface area contributed by atoms with Gasteiger partial charge in [-0.3, -0.25) is 4.79 Å². The Labute approximate surface area is 119 Å². The fourth-order valence-electron chi connectivity index (χ4n) is 2.00. The van der Waals surface area contributed by atoms with Crippen molar-refractivity contribution < 1.29 is 0 Å². The minimum Gasteiger partial charge on any atom is -0.399 e. The molecule has 0 aliphatic carbocycles. The van der Waals surface area contributed by atoms with Crippen LogP contribution in [0.4, 0.5) is 5.69 Å². The van der Waals surface area contributed by atoms with E-state index in [1.807, 2.05) is 6.07 Å². The SMILES string of the molecule is Nc1ccc(Cl)c(Cn2nnc3ccccc3c2=O)c1. The van der Waals surface area contributed by atoms with Crippen LogP contribution in [0.15, 0.2) is 47.3 Å². The quantitative estimate of drug-likeness (QED) is 0.732. The molecule has 2 aromatic carbocycles. The Bertz CT molecular complexity index is 844. The molecule has 1 heterocycles. The van der Waals surface area contributed by atoms with Crippen LogP contribution in [0.5, 0.6) is 0 Å². The van der Waals surface area contributed by atoms with Gasteiger partial charge >= 0.3 is 0 Å². The Balaban J connectivity index is 2.09. The van der Waals surface area contributed by atoms with E-state index in [0.29, 0.717) is 21.6 Å². The minimum atomic E-state index is -0.200. The second-order valence-electron chi connectivity index (χ2n) is 4.42. The van der Waals surface area contributed by atoms with Gasteiger partial charge in [0.15, 0.2) is 0 Å². The topological polar surface area (TPSA) is 73.8 Å². The number of benzene rings is 2. The van der Waals surface area contributed by atoms with Crippen molar-refractivity contribution in [1.29, 1.82) is 0 Å². The number of hydrogen-bond acceptors (Lipinski definition) is 4. The molecule has 6 heteroatoms. The summed E-state index contributed by atoms with van der Waals surface area (Å²) in [6.07, 6.45) is 0. The number of anilines is 1. The maximum Gasteiger partial charge on any atom is 0.277 e. The van der Waals surface area contributed by atoms with Gasteiger partial charge in [-0.1, -0.05) is 28.9 Å². The molecule has 20 heavy (non-hydrogen) atoms. The van der Waals surface area contributed by atoms with Crippen molar-refractivity contribution in [3.8, 4) is 0 Å². The van der Waals surface area contributed by atoms with Crippen molar-refractivity contribution >= 4 is 28.2 Å². The van der Waals surface area contributed by atoms with Crippen molar-refractivity contribution in [2.75, 3.05) is 5.73 Å². The van der Waals surface area contributed by atoms with E-state index >= 15 is 0 Å². The second kappa shape index (κ2) is 4.94. The van der Waals surface area contributed by atoms with E-state index < -0.39 is 0 Å². The first-order valence-electron chi connectivity index (χ1n) is 6.01. The molecule has 0 spiro atoms. The maximum atomic E-state index is 12.3. The van der Waals surface area contributed by atoms with E-state index in [-0.39, 0.29) is 12.1 Å². The molecular formula is C14H11ClN4O. The molecule has 0 aliphatic rings.